The quantitative estimate of drug-likeness (QED) is 0.659. The lowest BCUT2D eigenvalue weighted by atomic mass is 9.92. The van der Waals surface area contributed by atoms with Crippen LogP contribution in [0.4, 0.5) is 5.69 Å². The van der Waals surface area contributed by atoms with E-state index in [0.29, 0.717) is 16.8 Å². The molecule has 0 saturated carbocycles. The van der Waals surface area contributed by atoms with Crippen LogP contribution in [0.2, 0.25) is 0 Å². The summed E-state index contributed by atoms with van der Waals surface area (Å²) in [5.74, 6) is -1.96. The van der Waals surface area contributed by atoms with Gasteiger partial charge in [0.2, 0.25) is 0 Å². The zero-order valence-corrected chi connectivity index (χ0v) is 17.7. The summed E-state index contributed by atoms with van der Waals surface area (Å²) in [6.45, 7) is 3.76. The zero-order chi connectivity index (χ0) is 22.7. The Bertz CT molecular complexity index is 1040. The monoisotopic (exact) mass is 423 g/mol. The molecule has 0 saturated heterocycles. The Morgan fingerprint density at radius 1 is 1.10 bits per heavy atom. The van der Waals surface area contributed by atoms with Gasteiger partial charge < -0.3 is 14.9 Å². The predicted molar refractivity (Wildman–Crippen MR) is 115 cm³/mol. The lowest BCUT2D eigenvalue weighted by Gasteiger charge is -2.27. The first-order chi connectivity index (χ1) is 14.7. The van der Waals surface area contributed by atoms with E-state index in [-0.39, 0.29) is 41.8 Å². The zero-order valence-electron chi connectivity index (χ0n) is 17.7. The lowest BCUT2D eigenvalue weighted by molar-refractivity contribution is -0.139. The molecule has 1 unspecified atom stereocenters. The first kappa shape index (κ1) is 22.1. The molecular weight excluding hydrogens is 398 g/mol. The number of aliphatic hydroxyl groups is 1. The van der Waals surface area contributed by atoms with Gasteiger partial charge in [0.05, 0.1) is 25.1 Å². The maximum Gasteiger partial charge on any atom is 0.309 e. The number of esters is 1. The van der Waals surface area contributed by atoms with Gasteiger partial charge in [0.15, 0.2) is 11.5 Å². The molecule has 162 valence electrons. The van der Waals surface area contributed by atoms with Crippen molar-refractivity contribution in [3.8, 4) is 5.75 Å². The van der Waals surface area contributed by atoms with Gasteiger partial charge in [-0.3, -0.25) is 19.3 Å². The van der Waals surface area contributed by atoms with Crippen molar-refractivity contribution < 1.29 is 29.3 Å². The SMILES string of the molecule is COC(=O)Cc1ccc(N2C(=O)C(O)=C(C(=O)CC(C)C)C2c2cccc(O)c2)cc1. The van der Waals surface area contributed by atoms with Crippen molar-refractivity contribution in [2.24, 2.45) is 5.92 Å². The van der Waals surface area contributed by atoms with E-state index >= 15 is 0 Å². The van der Waals surface area contributed by atoms with Gasteiger partial charge in [0, 0.05) is 12.1 Å². The number of nitrogens with zero attached hydrogens (tertiary/aromatic N) is 1. The molecule has 1 heterocycles. The number of phenols is 1. The first-order valence-electron chi connectivity index (χ1n) is 9.97. The summed E-state index contributed by atoms with van der Waals surface area (Å²) in [6, 6.07) is 12.1. The number of phenolic OH excluding ortho intramolecular Hbond substituents is 1. The molecule has 0 aromatic heterocycles. The standard InChI is InChI=1S/C24H25NO6/c1-14(2)11-19(27)21-22(16-5-4-6-18(26)13-16)25(24(30)23(21)29)17-9-7-15(8-10-17)12-20(28)31-3/h4-10,13-14,22,26,29H,11-12H2,1-3H3. The summed E-state index contributed by atoms with van der Waals surface area (Å²) in [5.41, 5.74) is 1.67. The van der Waals surface area contributed by atoms with Crippen LogP contribution in [0.25, 0.3) is 0 Å². The number of Topliss-reactive ketones (excluding diaryl/α,β-unsaturated/α-hetero) is 1. The van der Waals surface area contributed by atoms with Crippen LogP contribution in [-0.2, 0) is 25.5 Å². The number of rotatable bonds is 7. The van der Waals surface area contributed by atoms with Gasteiger partial charge in [0.25, 0.3) is 5.91 Å². The lowest BCUT2D eigenvalue weighted by Crippen LogP contribution is -2.31. The molecule has 0 aliphatic carbocycles. The van der Waals surface area contributed by atoms with Gasteiger partial charge in [-0.2, -0.15) is 0 Å². The second-order valence-electron chi connectivity index (χ2n) is 7.88. The van der Waals surface area contributed by atoms with Gasteiger partial charge in [0.1, 0.15) is 5.75 Å². The first-order valence-corrected chi connectivity index (χ1v) is 9.97. The number of carbonyl (C=O) groups excluding carboxylic acids is 3. The molecule has 7 heteroatoms. The average molecular weight is 423 g/mol. The van der Waals surface area contributed by atoms with E-state index in [0.717, 1.165) is 0 Å². The largest absolute Gasteiger partial charge is 0.508 e. The van der Waals surface area contributed by atoms with Crippen molar-refractivity contribution >= 4 is 23.3 Å². The van der Waals surface area contributed by atoms with E-state index in [1.165, 1.54) is 24.1 Å². The number of benzene rings is 2. The number of ether oxygens (including phenoxy) is 1. The number of hydrogen-bond acceptors (Lipinski definition) is 6. The number of aliphatic hydroxyl groups excluding tert-OH is 1. The fourth-order valence-corrected chi connectivity index (χ4v) is 3.66. The molecular formula is C24H25NO6. The minimum atomic E-state index is -0.877. The Kier molecular flexibility index (Phi) is 6.44. The number of anilines is 1. The van der Waals surface area contributed by atoms with Gasteiger partial charge in [-0.25, -0.2) is 0 Å². The van der Waals surface area contributed by atoms with Crippen LogP contribution >= 0.6 is 0 Å². The average Bonchev–Trinajstić information content (AvgIpc) is 2.99. The Balaban J connectivity index is 2.05. The van der Waals surface area contributed by atoms with Crippen LogP contribution < -0.4 is 4.90 Å². The molecule has 3 rings (SSSR count). The molecule has 1 amide bonds. The van der Waals surface area contributed by atoms with Crippen molar-refractivity contribution in [2.45, 2.75) is 32.7 Å². The molecule has 1 atom stereocenters. The summed E-state index contributed by atoms with van der Waals surface area (Å²) in [5, 5.41) is 20.6. The van der Waals surface area contributed by atoms with E-state index in [1.54, 1.807) is 36.4 Å². The van der Waals surface area contributed by atoms with Crippen LogP contribution in [0.5, 0.6) is 5.75 Å². The summed E-state index contributed by atoms with van der Waals surface area (Å²) in [7, 11) is 1.31. The normalized spacial score (nSPS) is 16.2. The molecule has 0 bridgehead atoms. The number of methoxy groups -OCH3 is 1. The predicted octanol–water partition coefficient (Wildman–Crippen LogP) is 3.62. The maximum absolute atomic E-state index is 13.0. The van der Waals surface area contributed by atoms with Gasteiger partial charge in [-0.05, 0) is 41.3 Å². The van der Waals surface area contributed by atoms with Gasteiger partial charge >= 0.3 is 5.97 Å². The Morgan fingerprint density at radius 3 is 2.35 bits per heavy atom. The molecule has 7 nitrogen and oxygen atoms in total. The van der Waals surface area contributed by atoms with Crippen LogP contribution in [0, 0.1) is 5.92 Å². The summed E-state index contributed by atoms with van der Waals surface area (Å²) >= 11 is 0. The van der Waals surface area contributed by atoms with E-state index in [9.17, 15) is 24.6 Å². The van der Waals surface area contributed by atoms with Crippen molar-refractivity contribution in [3.63, 3.8) is 0 Å². The minimum Gasteiger partial charge on any atom is -0.508 e. The highest BCUT2D eigenvalue weighted by Crippen LogP contribution is 2.42. The summed E-state index contributed by atoms with van der Waals surface area (Å²) in [6.07, 6.45) is 0.260. The summed E-state index contributed by atoms with van der Waals surface area (Å²) < 4.78 is 4.67. The number of hydrogen-bond donors (Lipinski definition) is 2. The molecule has 1 aliphatic rings. The summed E-state index contributed by atoms with van der Waals surface area (Å²) in [4.78, 5) is 38.8. The fourth-order valence-electron chi connectivity index (χ4n) is 3.66. The van der Waals surface area contributed by atoms with Crippen molar-refractivity contribution in [2.75, 3.05) is 12.0 Å². The highest BCUT2D eigenvalue weighted by Gasteiger charge is 2.44. The van der Waals surface area contributed by atoms with Gasteiger partial charge in [-0.1, -0.05) is 38.1 Å². The highest BCUT2D eigenvalue weighted by atomic mass is 16.5. The Morgan fingerprint density at radius 2 is 1.77 bits per heavy atom. The fraction of sp³-hybridized carbons (Fsp3) is 0.292. The second kappa shape index (κ2) is 9.04. The molecule has 0 fully saturated rings. The Labute approximate surface area is 180 Å². The third kappa shape index (κ3) is 4.60. The van der Waals surface area contributed by atoms with Crippen LogP contribution in [0.1, 0.15) is 37.4 Å². The number of ketones is 1. The van der Waals surface area contributed by atoms with Crippen LogP contribution in [-0.4, -0.2) is 35.0 Å². The Hall–Kier alpha value is -3.61. The van der Waals surface area contributed by atoms with Crippen LogP contribution in [0.3, 0.4) is 0 Å². The van der Waals surface area contributed by atoms with E-state index in [4.69, 9.17) is 0 Å². The molecule has 2 aromatic carbocycles. The van der Waals surface area contributed by atoms with Crippen molar-refractivity contribution in [3.05, 3.63) is 71.0 Å². The number of amides is 1. The highest BCUT2D eigenvalue weighted by molar-refractivity contribution is 6.16. The molecule has 2 N–H and O–H groups in total. The topological polar surface area (TPSA) is 104 Å². The number of aromatic hydroxyl groups is 1. The van der Waals surface area contributed by atoms with E-state index in [2.05, 4.69) is 4.74 Å². The molecule has 2 aromatic rings. The molecule has 0 spiro atoms. The van der Waals surface area contributed by atoms with Crippen LogP contribution in [0.15, 0.2) is 59.9 Å². The smallest absolute Gasteiger partial charge is 0.309 e. The molecule has 31 heavy (non-hydrogen) atoms. The van der Waals surface area contributed by atoms with Crippen molar-refractivity contribution in [1.29, 1.82) is 0 Å². The van der Waals surface area contributed by atoms with Crippen molar-refractivity contribution in [1.82, 2.24) is 0 Å². The van der Waals surface area contributed by atoms with Gasteiger partial charge in [-0.15, -0.1) is 0 Å². The third-order valence-corrected chi connectivity index (χ3v) is 5.08. The molecule has 1 aliphatic heterocycles. The number of carbonyl (C=O) groups is 3. The maximum atomic E-state index is 13.0. The van der Waals surface area contributed by atoms with E-state index < -0.39 is 17.7 Å². The minimum absolute atomic E-state index is 0.0135. The molecule has 0 radical (unpaired) electrons. The van der Waals surface area contributed by atoms with E-state index in [1.807, 2.05) is 13.8 Å². The second-order valence-corrected chi connectivity index (χ2v) is 7.88. The third-order valence-electron chi connectivity index (χ3n) is 5.08.